The van der Waals surface area contributed by atoms with Crippen molar-refractivity contribution >= 4 is 5.91 Å². The van der Waals surface area contributed by atoms with E-state index in [1.807, 2.05) is 43.0 Å². The van der Waals surface area contributed by atoms with E-state index in [1.165, 1.54) is 0 Å². The van der Waals surface area contributed by atoms with Gasteiger partial charge in [-0.1, -0.05) is 6.92 Å². The van der Waals surface area contributed by atoms with Gasteiger partial charge in [0.1, 0.15) is 5.75 Å². The van der Waals surface area contributed by atoms with Crippen molar-refractivity contribution in [2.75, 3.05) is 32.8 Å². The van der Waals surface area contributed by atoms with E-state index < -0.39 is 0 Å². The summed E-state index contributed by atoms with van der Waals surface area (Å²) in [5, 5.41) is 12.1. The highest BCUT2D eigenvalue weighted by Gasteiger charge is 2.21. The molecular formula is C17H24N6O2. The molecular weight excluding hydrogens is 320 g/mol. The third-order valence-corrected chi connectivity index (χ3v) is 4.32. The molecule has 1 amide bonds. The average Bonchev–Trinajstić information content (AvgIpc) is 3.11. The van der Waals surface area contributed by atoms with Crippen molar-refractivity contribution < 1.29 is 9.53 Å². The molecule has 0 saturated carbocycles. The number of tetrazole rings is 1. The fraction of sp³-hybridized carbons (Fsp3) is 0.529. The Morgan fingerprint density at radius 3 is 2.48 bits per heavy atom. The zero-order valence-corrected chi connectivity index (χ0v) is 14.8. The summed E-state index contributed by atoms with van der Waals surface area (Å²) in [6.07, 6.45) is 0.565. The highest BCUT2D eigenvalue weighted by molar-refractivity contribution is 5.75. The molecule has 8 heteroatoms. The van der Waals surface area contributed by atoms with E-state index in [0.29, 0.717) is 19.6 Å². The summed E-state index contributed by atoms with van der Waals surface area (Å²) in [6.45, 7) is 8.36. The van der Waals surface area contributed by atoms with E-state index >= 15 is 0 Å². The van der Waals surface area contributed by atoms with Crippen molar-refractivity contribution in [2.45, 2.75) is 26.8 Å². The topological polar surface area (TPSA) is 76.4 Å². The maximum atomic E-state index is 11.8. The van der Waals surface area contributed by atoms with Gasteiger partial charge in [0.15, 0.2) is 5.82 Å². The molecule has 134 valence electrons. The molecule has 0 aliphatic carbocycles. The zero-order chi connectivity index (χ0) is 17.6. The number of benzene rings is 1. The van der Waals surface area contributed by atoms with Gasteiger partial charge in [-0.2, -0.15) is 4.68 Å². The fourth-order valence-corrected chi connectivity index (χ4v) is 2.93. The number of aromatic nitrogens is 4. The van der Waals surface area contributed by atoms with Gasteiger partial charge >= 0.3 is 0 Å². The second-order valence-electron chi connectivity index (χ2n) is 5.94. The van der Waals surface area contributed by atoms with Crippen molar-refractivity contribution in [3.63, 3.8) is 0 Å². The number of piperazine rings is 1. The summed E-state index contributed by atoms with van der Waals surface area (Å²) < 4.78 is 7.22. The number of ether oxygens (including phenoxy) is 1. The van der Waals surface area contributed by atoms with Gasteiger partial charge in [0.05, 0.1) is 18.8 Å². The Morgan fingerprint density at radius 1 is 1.12 bits per heavy atom. The third kappa shape index (κ3) is 4.14. The molecule has 1 aromatic heterocycles. The molecule has 3 rings (SSSR count). The Bertz CT molecular complexity index is 691. The first-order chi connectivity index (χ1) is 12.2. The molecule has 0 N–H and O–H groups in total. The van der Waals surface area contributed by atoms with Crippen LogP contribution in [0.5, 0.6) is 5.75 Å². The number of rotatable bonds is 6. The van der Waals surface area contributed by atoms with Gasteiger partial charge < -0.3 is 9.64 Å². The van der Waals surface area contributed by atoms with Crippen LogP contribution in [0.2, 0.25) is 0 Å². The second kappa shape index (κ2) is 8.06. The molecule has 0 radical (unpaired) electrons. The van der Waals surface area contributed by atoms with Crippen LogP contribution < -0.4 is 4.74 Å². The zero-order valence-electron chi connectivity index (χ0n) is 14.8. The van der Waals surface area contributed by atoms with Crippen LogP contribution in [0.25, 0.3) is 5.69 Å². The molecule has 1 saturated heterocycles. The highest BCUT2D eigenvalue weighted by atomic mass is 16.5. The Morgan fingerprint density at radius 2 is 1.84 bits per heavy atom. The normalized spacial score (nSPS) is 15.4. The standard InChI is InChI=1S/C17H24N6O2/c1-3-17(24)22-11-9-21(10-12-22)13-16-18-19-20-23(16)14-5-7-15(8-6-14)25-4-2/h5-8H,3-4,9-13H2,1-2H3. The smallest absolute Gasteiger partial charge is 0.222 e. The SMILES string of the molecule is CCOc1ccc(-n2nnnc2CN2CCN(C(=O)CC)CC2)cc1. The maximum Gasteiger partial charge on any atom is 0.222 e. The van der Waals surface area contributed by atoms with Gasteiger partial charge in [-0.3, -0.25) is 9.69 Å². The highest BCUT2D eigenvalue weighted by Crippen LogP contribution is 2.16. The molecule has 0 unspecified atom stereocenters. The molecule has 2 heterocycles. The second-order valence-corrected chi connectivity index (χ2v) is 5.94. The molecule has 1 fully saturated rings. The average molecular weight is 344 g/mol. The van der Waals surface area contributed by atoms with Crippen LogP contribution >= 0.6 is 0 Å². The molecule has 2 aromatic rings. The first-order valence-corrected chi connectivity index (χ1v) is 8.72. The van der Waals surface area contributed by atoms with Crippen molar-refractivity contribution in [1.82, 2.24) is 30.0 Å². The van der Waals surface area contributed by atoms with E-state index in [1.54, 1.807) is 4.68 Å². The fourth-order valence-electron chi connectivity index (χ4n) is 2.93. The first kappa shape index (κ1) is 17.3. The van der Waals surface area contributed by atoms with Gasteiger partial charge in [-0.15, -0.1) is 5.10 Å². The molecule has 0 atom stereocenters. The van der Waals surface area contributed by atoms with Crippen molar-refractivity contribution in [2.24, 2.45) is 0 Å². The minimum atomic E-state index is 0.221. The Labute approximate surface area is 147 Å². The van der Waals surface area contributed by atoms with Crippen molar-refractivity contribution in [1.29, 1.82) is 0 Å². The monoisotopic (exact) mass is 344 g/mol. The summed E-state index contributed by atoms with van der Waals surface area (Å²) in [5.41, 5.74) is 0.906. The van der Waals surface area contributed by atoms with Crippen LogP contribution in [-0.4, -0.2) is 68.7 Å². The summed E-state index contributed by atoms with van der Waals surface area (Å²) in [6, 6.07) is 7.73. The number of carbonyl (C=O) groups excluding carboxylic acids is 1. The van der Waals surface area contributed by atoms with Crippen LogP contribution in [0.4, 0.5) is 0 Å². The molecule has 1 aliphatic rings. The minimum Gasteiger partial charge on any atom is -0.494 e. The lowest BCUT2D eigenvalue weighted by atomic mass is 10.2. The summed E-state index contributed by atoms with van der Waals surface area (Å²) in [7, 11) is 0. The quantitative estimate of drug-likeness (QED) is 0.781. The van der Waals surface area contributed by atoms with Gasteiger partial charge in [0.25, 0.3) is 0 Å². The van der Waals surface area contributed by atoms with E-state index in [4.69, 9.17) is 4.74 Å². The summed E-state index contributed by atoms with van der Waals surface area (Å²) in [5.74, 6) is 1.84. The largest absolute Gasteiger partial charge is 0.494 e. The van der Waals surface area contributed by atoms with Crippen molar-refractivity contribution in [3.05, 3.63) is 30.1 Å². The number of hydrogen-bond acceptors (Lipinski definition) is 6. The van der Waals surface area contributed by atoms with Gasteiger partial charge in [0.2, 0.25) is 5.91 Å². The first-order valence-electron chi connectivity index (χ1n) is 8.72. The molecule has 0 bridgehead atoms. The van der Waals surface area contributed by atoms with E-state index in [2.05, 4.69) is 20.4 Å². The van der Waals surface area contributed by atoms with Crippen LogP contribution in [-0.2, 0) is 11.3 Å². The van der Waals surface area contributed by atoms with Crippen LogP contribution in [0.15, 0.2) is 24.3 Å². The molecule has 25 heavy (non-hydrogen) atoms. The van der Waals surface area contributed by atoms with Gasteiger partial charge in [-0.05, 0) is 41.6 Å². The van der Waals surface area contributed by atoms with Crippen molar-refractivity contribution in [3.8, 4) is 11.4 Å². The number of carbonyl (C=O) groups is 1. The van der Waals surface area contributed by atoms with E-state index in [0.717, 1.165) is 43.4 Å². The van der Waals surface area contributed by atoms with Crippen LogP contribution in [0.1, 0.15) is 26.1 Å². The lowest BCUT2D eigenvalue weighted by Crippen LogP contribution is -2.48. The lowest BCUT2D eigenvalue weighted by Gasteiger charge is -2.34. The van der Waals surface area contributed by atoms with E-state index in [9.17, 15) is 4.79 Å². The predicted octanol–water partition coefficient (Wildman–Crippen LogP) is 1.12. The molecule has 8 nitrogen and oxygen atoms in total. The van der Waals surface area contributed by atoms with Gasteiger partial charge in [0, 0.05) is 32.6 Å². The molecule has 1 aromatic carbocycles. The third-order valence-electron chi connectivity index (χ3n) is 4.32. The Balaban J connectivity index is 1.63. The van der Waals surface area contributed by atoms with Gasteiger partial charge in [-0.25, -0.2) is 0 Å². The summed E-state index contributed by atoms with van der Waals surface area (Å²) >= 11 is 0. The number of amides is 1. The maximum absolute atomic E-state index is 11.8. The molecule has 0 spiro atoms. The Hall–Kier alpha value is -2.48. The molecule has 1 aliphatic heterocycles. The number of hydrogen-bond donors (Lipinski definition) is 0. The Kier molecular flexibility index (Phi) is 5.60. The van der Waals surface area contributed by atoms with Crippen LogP contribution in [0.3, 0.4) is 0 Å². The number of nitrogens with zero attached hydrogens (tertiary/aromatic N) is 6. The van der Waals surface area contributed by atoms with Crippen LogP contribution in [0, 0.1) is 0 Å². The minimum absolute atomic E-state index is 0.221. The summed E-state index contributed by atoms with van der Waals surface area (Å²) in [4.78, 5) is 16.0. The predicted molar refractivity (Wildman–Crippen MR) is 92.5 cm³/mol. The lowest BCUT2D eigenvalue weighted by molar-refractivity contribution is -0.132. The van der Waals surface area contributed by atoms with E-state index in [-0.39, 0.29) is 5.91 Å².